The molecule has 0 atom stereocenters. The van der Waals surface area contributed by atoms with Gasteiger partial charge in [-0.1, -0.05) is 24.3 Å². The van der Waals surface area contributed by atoms with Crippen molar-refractivity contribution >= 4 is 17.2 Å². The average Bonchev–Trinajstić information content (AvgIpc) is 3.04. The summed E-state index contributed by atoms with van der Waals surface area (Å²) in [5, 5.41) is 1.92. The largest absolute Gasteiger partial charge is 0.328 e. The van der Waals surface area contributed by atoms with Crippen molar-refractivity contribution in [1.29, 1.82) is 0 Å². The summed E-state index contributed by atoms with van der Waals surface area (Å²) in [6.07, 6.45) is 0. The molecule has 1 aromatic carbocycles. The van der Waals surface area contributed by atoms with Crippen molar-refractivity contribution in [3.8, 4) is 0 Å². The Morgan fingerprint density at radius 1 is 1.19 bits per heavy atom. The zero-order valence-corrected chi connectivity index (χ0v) is 12.5. The molecule has 2 heterocycles. The van der Waals surface area contributed by atoms with Crippen molar-refractivity contribution in [2.75, 3.05) is 26.2 Å². The molecule has 1 fully saturated rings. The number of benzene rings is 1. The number of thiophene rings is 1. The molecule has 5 heteroatoms. The van der Waals surface area contributed by atoms with Crippen molar-refractivity contribution in [3.05, 3.63) is 58.0 Å². The van der Waals surface area contributed by atoms with Gasteiger partial charge in [-0.2, -0.15) is 0 Å². The molecule has 0 saturated carbocycles. The summed E-state index contributed by atoms with van der Waals surface area (Å²) >= 11 is 1.48. The number of halogens is 1. The monoisotopic (exact) mass is 305 g/mol. The van der Waals surface area contributed by atoms with E-state index >= 15 is 0 Å². The quantitative estimate of drug-likeness (QED) is 0.912. The molecule has 1 aliphatic rings. The maximum absolute atomic E-state index is 13.7. The Labute approximate surface area is 127 Å². The number of piperazine rings is 1. The van der Waals surface area contributed by atoms with Gasteiger partial charge in [0.25, 0.3) is 5.91 Å². The second-order valence-corrected chi connectivity index (χ2v) is 6.24. The summed E-state index contributed by atoms with van der Waals surface area (Å²) in [5.41, 5.74) is 0.755. The summed E-state index contributed by atoms with van der Waals surface area (Å²) < 4.78 is 13.7. The van der Waals surface area contributed by atoms with Gasteiger partial charge in [0, 0.05) is 5.56 Å². The third-order valence-corrected chi connectivity index (χ3v) is 4.75. The predicted molar refractivity (Wildman–Crippen MR) is 81.0 cm³/mol. The number of nitrogens with zero attached hydrogens (tertiary/aromatic N) is 1. The Bertz CT molecular complexity index is 606. The number of nitrogens with one attached hydrogen (secondary N) is 1. The minimum atomic E-state index is -0.137. The molecule has 1 aliphatic heterocycles. The minimum Gasteiger partial charge on any atom is -0.328 e. The van der Waals surface area contributed by atoms with Gasteiger partial charge >= 0.3 is 0 Å². The number of amides is 1. The van der Waals surface area contributed by atoms with E-state index < -0.39 is 0 Å². The normalized spacial score (nSPS) is 16.1. The fraction of sp³-hybridized carbons (Fsp3) is 0.312. The number of rotatable bonds is 3. The third-order valence-electron chi connectivity index (χ3n) is 3.89. The maximum Gasteiger partial charge on any atom is 0.264 e. The van der Waals surface area contributed by atoms with Crippen molar-refractivity contribution in [3.63, 3.8) is 0 Å². The lowest BCUT2D eigenvalue weighted by molar-refractivity contribution is -0.917. The highest BCUT2D eigenvalue weighted by Crippen LogP contribution is 2.12. The summed E-state index contributed by atoms with van der Waals surface area (Å²) in [5.74, 6) is -0.0166. The summed E-state index contributed by atoms with van der Waals surface area (Å²) in [7, 11) is 0. The fourth-order valence-corrected chi connectivity index (χ4v) is 3.36. The number of hydrogen-bond acceptors (Lipinski definition) is 2. The van der Waals surface area contributed by atoms with Crippen molar-refractivity contribution in [1.82, 2.24) is 4.90 Å². The van der Waals surface area contributed by atoms with Crippen LogP contribution in [-0.4, -0.2) is 37.0 Å². The molecule has 21 heavy (non-hydrogen) atoms. The first-order valence-corrected chi connectivity index (χ1v) is 8.02. The molecule has 3 nitrogen and oxygen atoms in total. The van der Waals surface area contributed by atoms with E-state index in [0.717, 1.165) is 36.6 Å². The van der Waals surface area contributed by atoms with E-state index in [2.05, 4.69) is 0 Å². The lowest BCUT2D eigenvalue weighted by Gasteiger charge is -2.32. The summed E-state index contributed by atoms with van der Waals surface area (Å²) in [4.78, 5) is 16.3. The Morgan fingerprint density at radius 2 is 1.95 bits per heavy atom. The highest BCUT2D eigenvalue weighted by atomic mass is 32.1. The van der Waals surface area contributed by atoms with E-state index in [1.807, 2.05) is 34.5 Å². The molecule has 1 saturated heterocycles. The Balaban J connectivity index is 1.56. The second kappa shape index (κ2) is 6.37. The van der Waals surface area contributed by atoms with Crippen LogP contribution in [0, 0.1) is 5.82 Å². The first kappa shape index (κ1) is 14.2. The van der Waals surface area contributed by atoms with Gasteiger partial charge in [0.1, 0.15) is 12.4 Å². The minimum absolute atomic E-state index is 0.120. The molecule has 1 aromatic heterocycles. The van der Waals surface area contributed by atoms with E-state index in [-0.39, 0.29) is 11.7 Å². The van der Waals surface area contributed by atoms with Crippen LogP contribution in [0.1, 0.15) is 15.2 Å². The predicted octanol–water partition coefficient (Wildman–Crippen LogP) is 1.43. The molecule has 1 amide bonds. The van der Waals surface area contributed by atoms with Crippen LogP contribution in [0.2, 0.25) is 0 Å². The zero-order valence-electron chi connectivity index (χ0n) is 11.7. The molecule has 110 valence electrons. The molecule has 3 rings (SSSR count). The molecule has 0 aliphatic carbocycles. The van der Waals surface area contributed by atoms with Gasteiger partial charge in [0.15, 0.2) is 0 Å². The van der Waals surface area contributed by atoms with Crippen molar-refractivity contribution < 1.29 is 14.1 Å². The highest BCUT2D eigenvalue weighted by Gasteiger charge is 2.25. The molecule has 0 spiro atoms. The average molecular weight is 305 g/mol. The fourth-order valence-electron chi connectivity index (χ4n) is 2.67. The molecule has 2 aromatic rings. The van der Waals surface area contributed by atoms with Crippen LogP contribution in [0.5, 0.6) is 0 Å². The van der Waals surface area contributed by atoms with Gasteiger partial charge in [0.2, 0.25) is 0 Å². The standard InChI is InChI=1S/C16H17FN2OS/c17-14-5-2-1-4-13(14)12-18-7-9-19(10-8-18)16(20)15-6-3-11-21-15/h1-6,11H,7-10,12H2/p+1. The SMILES string of the molecule is O=C(c1cccs1)N1CC[NH+](Cc2ccccc2F)CC1. The van der Waals surface area contributed by atoms with E-state index in [4.69, 9.17) is 0 Å². The van der Waals surface area contributed by atoms with Crippen molar-refractivity contribution in [2.45, 2.75) is 6.54 Å². The van der Waals surface area contributed by atoms with Crippen LogP contribution in [0.4, 0.5) is 4.39 Å². The summed E-state index contributed by atoms with van der Waals surface area (Å²) in [6.45, 7) is 3.89. The smallest absolute Gasteiger partial charge is 0.264 e. The molecular weight excluding hydrogens is 287 g/mol. The van der Waals surface area contributed by atoms with Crippen LogP contribution in [0.25, 0.3) is 0 Å². The van der Waals surface area contributed by atoms with Crippen LogP contribution in [0.3, 0.4) is 0 Å². The molecule has 1 N–H and O–H groups in total. The molecule has 0 bridgehead atoms. The van der Waals surface area contributed by atoms with Gasteiger partial charge in [-0.3, -0.25) is 4.79 Å². The van der Waals surface area contributed by atoms with Gasteiger partial charge in [-0.25, -0.2) is 4.39 Å². The second-order valence-electron chi connectivity index (χ2n) is 5.29. The molecular formula is C16H18FN2OS+. The third kappa shape index (κ3) is 3.31. The lowest BCUT2D eigenvalue weighted by atomic mass is 10.2. The van der Waals surface area contributed by atoms with Crippen LogP contribution in [0.15, 0.2) is 41.8 Å². The van der Waals surface area contributed by atoms with Gasteiger partial charge in [-0.15, -0.1) is 11.3 Å². The van der Waals surface area contributed by atoms with Gasteiger partial charge in [-0.05, 0) is 17.5 Å². The zero-order chi connectivity index (χ0) is 14.7. The van der Waals surface area contributed by atoms with Crippen molar-refractivity contribution in [2.24, 2.45) is 0 Å². The number of quaternary nitrogens is 1. The molecule has 0 unspecified atom stereocenters. The number of carbonyl (C=O) groups is 1. The first-order valence-electron chi connectivity index (χ1n) is 7.14. The van der Waals surface area contributed by atoms with Gasteiger partial charge in [0.05, 0.1) is 31.1 Å². The number of hydrogen-bond donors (Lipinski definition) is 1. The van der Waals surface area contributed by atoms with E-state index in [1.165, 1.54) is 22.3 Å². The van der Waals surface area contributed by atoms with Crippen LogP contribution < -0.4 is 4.90 Å². The highest BCUT2D eigenvalue weighted by molar-refractivity contribution is 7.12. The Kier molecular flexibility index (Phi) is 4.31. The Hall–Kier alpha value is -1.72. The maximum atomic E-state index is 13.7. The topological polar surface area (TPSA) is 24.8 Å². The Morgan fingerprint density at radius 3 is 2.62 bits per heavy atom. The van der Waals surface area contributed by atoms with Gasteiger partial charge < -0.3 is 9.80 Å². The van der Waals surface area contributed by atoms with E-state index in [1.54, 1.807) is 6.07 Å². The van der Waals surface area contributed by atoms with E-state index in [0.29, 0.717) is 6.54 Å². The van der Waals surface area contributed by atoms with E-state index in [9.17, 15) is 9.18 Å². The molecule has 0 radical (unpaired) electrons. The summed E-state index contributed by atoms with van der Waals surface area (Å²) in [6, 6.07) is 10.7. The lowest BCUT2D eigenvalue weighted by Crippen LogP contribution is -3.13. The van der Waals surface area contributed by atoms with Crippen LogP contribution >= 0.6 is 11.3 Å². The number of carbonyl (C=O) groups excluding carboxylic acids is 1. The van der Waals surface area contributed by atoms with Crippen LogP contribution in [-0.2, 0) is 6.54 Å². The first-order chi connectivity index (χ1) is 10.2.